The second-order valence-corrected chi connectivity index (χ2v) is 7.47. The summed E-state index contributed by atoms with van der Waals surface area (Å²) in [6.07, 6.45) is 11.3. The van der Waals surface area contributed by atoms with Crippen LogP contribution >= 0.6 is 0 Å². The molecule has 1 fully saturated rings. The molecule has 2 aromatic rings. The average Bonchev–Trinajstić information content (AvgIpc) is 3.21. The van der Waals surface area contributed by atoms with Gasteiger partial charge in [-0.1, -0.05) is 13.3 Å². The van der Waals surface area contributed by atoms with Crippen molar-refractivity contribution in [1.29, 1.82) is 0 Å². The van der Waals surface area contributed by atoms with E-state index in [4.69, 9.17) is 9.47 Å². The van der Waals surface area contributed by atoms with Gasteiger partial charge in [0.25, 0.3) is 0 Å². The van der Waals surface area contributed by atoms with Crippen LogP contribution in [0.3, 0.4) is 0 Å². The Morgan fingerprint density at radius 2 is 2.07 bits per heavy atom. The summed E-state index contributed by atoms with van der Waals surface area (Å²) in [5, 5.41) is 0. The molecule has 1 atom stereocenters. The second kappa shape index (κ2) is 8.17. The van der Waals surface area contributed by atoms with Crippen molar-refractivity contribution < 1.29 is 9.47 Å². The number of hydrogen-bond acceptors (Lipinski definition) is 4. The predicted octanol–water partition coefficient (Wildman–Crippen LogP) is 4.26. The van der Waals surface area contributed by atoms with Crippen LogP contribution in [-0.2, 0) is 0 Å². The van der Waals surface area contributed by atoms with Gasteiger partial charge >= 0.3 is 0 Å². The fourth-order valence-electron chi connectivity index (χ4n) is 4.12. The molecule has 144 valence electrons. The van der Waals surface area contributed by atoms with E-state index in [1.807, 2.05) is 24.7 Å². The lowest BCUT2D eigenvalue weighted by atomic mass is 10.0. The molecule has 5 nitrogen and oxygen atoms in total. The number of benzene rings is 1. The highest BCUT2D eigenvalue weighted by molar-refractivity contribution is 5.84. The molecule has 1 aromatic heterocycles. The second-order valence-electron chi connectivity index (χ2n) is 7.47. The zero-order chi connectivity index (χ0) is 18.6. The van der Waals surface area contributed by atoms with Crippen LogP contribution in [0.5, 0.6) is 11.5 Å². The van der Waals surface area contributed by atoms with E-state index in [0.29, 0.717) is 12.6 Å². The smallest absolute Gasteiger partial charge is 0.130 e. The van der Waals surface area contributed by atoms with E-state index in [1.165, 1.54) is 43.6 Å². The fraction of sp³-hybridized carbons (Fsp3) is 0.500. The van der Waals surface area contributed by atoms with E-state index in [1.54, 1.807) is 7.11 Å². The zero-order valence-electron chi connectivity index (χ0n) is 16.4. The third-order valence-corrected chi connectivity index (χ3v) is 5.71. The van der Waals surface area contributed by atoms with Gasteiger partial charge in [-0.3, -0.25) is 0 Å². The number of piperidine rings is 1. The van der Waals surface area contributed by atoms with Crippen LogP contribution in [0.15, 0.2) is 30.7 Å². The Bertz CT molecular complexity index is 806. The molecule has 1 unspecified atom stereocenters. The first-order chi connectivity index (χ1) is 13.3. The Morgan fingerprint density at radius 1 is 1.22 bits per heavy atom. The lowest BCUT2D eigenvalue weighted by Gasteiger charge is -2.31. The van der Waals surface area contributed by atoms with E-state index in [0.717, 1.165) is 30.0 Å². The van der Waals surface area contributed by atoms with E-state index in [-0.39, 0.29) is 0 Å². The quantitative estimate of drug-likeness (QED) is 0.765. The lowest BCUT2D eigenvalue weighted by Crippen LogP contribution is -2.35. The predicted molar refractivity (Wildman–Crippen MR) is 108 cm³/mol. The number of likely N-dealkylation sites (tertiary alicyclic amines) is 1. The van der Waals surface area contributed by atoms with Gasteiger partial charge in [0.1, 0.15) is 18.1 Å². The average molecular weight is 367 g/mol. The molecule has 0 aliphatic carbocycles. The largest absolute Gasteiger partial charge is 0.497 e. The summed E-state index contributed by atoms with van der Waals surface area (Å²) in [5.41, 5.74) is 3.44. The number of ether oxygens (including phenoxy) is 2. The number of aromatic nitrogens is 2. The molecule has 0 radical (unpaired) electrons. The molecule has 2 aliphatic heterocycles. The van der Waals surface area contributed by atoms with E-state index >= 15 is 0 Å². The summed E-state index contributed by atoms with van der Waals surface area (Å²) >= 11 is 0. The molecular weight excluding hydrogens is 338 g/mol. The van der Waals surface area contributed by atoms with Gasteiger partial charge in [0, 0.05) is 29.8 Å². The summed E-state index contributed by atoms with van der Waals surface area (Å²) in [4.78, 5) is 7.08. The number of nitrogens with zero attached hydrogens (tertiary/aromatic N) is 3. The number of imidazole rings is 1. The monoisotopic (exact) mass is 367 g/mol. The van der Waals surface area contributed by atoms with Crippen molar-refractivity contribution >= 4 is 11.6 Å². The van der Waals surface area contributed by atoms with Crippen molar-refractivity contribution in [3.05, 3.63) is 42.0 Å². The van der Waals surface area contributed by atoms with Crippen LogP contribution in [0.2, 0.25) is 0 Å². The standard InChI is InChI=1S/C22H29N3O2/c1-3-19(14-24-9-5-4-6-10-24)25-16-23-13-21(25)18-11-17-7-8-20(26-2)12-22(17)27-15-18/h7-8,11-13,16,19H,3-6,9-10,14-15H2,1-2H3. The van der Waals surface area contributed by atoms with Crippen LogP contribution in [-0.4, -0.2) is 47.8 Å². The highest BCUT2D eigenvalue weighted by Gasteiger charge is 2.22. The number of methoxy groups -OCH3 is 1. The van der Waals surface area contributed by atoms with Gasteiger partial charge in [0.15, 0.2) is 0 Å². The Morgan fingerprint density at radius 3 is 2.85 bits per heavy atom. The van der Waals surface area contributed by atoms with Gasteiger partial charge in [-0.15, -0.1) is 0 Å². The molecule has 1 saturated heterocycles. The summed E-state index contributed by atoms with van der Waals surface area (Å²) in [5.74, 6) is 1.70. The SMILES string of the molecule is CCC(CN1CCCCC1)n1cncc1C1=Cc2ccc(OC)cc2OC1. The zero-order valence-corrected chi connectivity index (χ0v) is 16.4. The molecule has 3 heterocycles. The van der Waals surface area contributed by atoms with Crippen molar-refractivity contribution in [2.24, 2.45) is 0 Å². The van der Waals surface area contributed by atoms with Crippen LogP contribution in [0, 0.1) is 0 Å². The summed E-state index contributed by atoms with van der Waals surface area (Å²) < 4.78 is 13.7. The van der Waals surface area contributed by atoms with Gasteiger partial charge in [0.05, 0.1) is 25.3 Å². The highest BCUT2D eigenvalue weighted by Crippen LogP contribution is 2.34. The molecule has 0 spiro atoms. The Kier molecular flexibility index (Phi) is 5.48. The molecule has 27 heavy (non-hydrogen) atoms. The minimum Gasteiger partial charge on any atom is -0.497 e. The molecule has 4 rings (SSSR count). The molecule has 1 aromatic carbocycles. The minimum atomic E-state index is 0.443. The Labute approximate surface area is 161 Å². The Hall–Kier alpha value is -2.27. The first-order valence-corrected chi connectivity index (χ1v) is 10.0. The first-order valence-electron chi connectivity index (χ1n) is 10.0. The maximum absolute atomic E-state index is 6.02. The van der Waals surface area contributed by atoms with E-state index < -0.39 is 0 Å². The van der Waals surface area contributed by atoms with Crippen molar-refractivity contribution in [3.8, 4) is 11.5 Å². The molecule has 0 bridgehead atoms. The van der Waals surface area contributed by atoms with E-state index in [2.05, 4.69) is 33.5 Å². The summed E-state index contributed by atoms with van der Waals surface area (Å²) in [7, 11) is 1.68. The van der Waals surface area contributed by atoms with Gasteiger partial charge in [-0.05, 0) is 50.6 Å². The summed E-state index contributed by atoms with van der Waals surface area (Å²) in [6, 6.07) is 6.42. The topological polar surface area (TPSA) is 39.5 Å². The molecule has 0 N–H and O–H groups in total. The molecule has 0 amide bonds. The normalized spacial score (nSPS) is 18.4. The van der Waals surface area contributed by atoms with Gasteiger partial charge in [0.2, 0.25) is 0 Å². The van der Waals surface area contributed by atoms with Gasteiger partial charge in [-0.2, -0.15) is 0 Å². The summed E-state index contributed by atoms with van der Waals surface area (Å²) in [6.45, 7) is 6.38. The molecule has 2 aliphatic rings. The molecule has 0 saturated carbocycles. The highest BCUT2D eigenvalue weighted by atomic mass is 16.5. The third-order valence-electron chi connectivity index (χ3n) is 5.71. The van der Waals surface area contributed by atoms with E-state index in [9.17, 15) is 0 Å². The van der Waals surface area contributed by atoms with Crippen molar-refractivity contribution in [3.63, 3.8) is 0 Å². The number of hydrogen-bond donors (Lipinski definition) is 0. The molecule has 5 heteroatoms. The van der Waals surface area contributed by atoms with Crippen LogP contribution in [0.1, 0.15) is 49.9 Å². The lowest BCUT2D eigenvalue weighted by molar-refractivity contribution is 0.193. The number of rotatable bonds is 6. The first kappa shape index (κ1) is 18.1. The maximum Gasteiger partial charge on any atom is 0.130 e. The van der Waals surface area contributed by atoms with Crippen LogP contribution in [0.25, 0.3) is 11.6 Å². The van der Waals surface area contributed by atoms with Gasteiger partial charge in [-0.25, -0.2) is 4.98 Å². The Balaban J connectivity index is 1.58. The fourth-order valence-corrected chi connectivity index (χ4v) is 4.12. The minimum absolute atomic E-state index is 0.443. The van der Waals surface area contributed by atoms with Crippen molar-refractivity contribution in [1.82, 2.24) is 14.5 Å². The van der Waals surface area contributed by atoms with Crippen molar-refractivity contribution in [2.75, 3.05) is 33.4 Å². The third kappa shape index (κ3) is 3.88. The molecular formula is C22H29N3O2. The maximum atomic E-state index is 6.02. The van der Waals surface area contributed by atoms with Crippen LogP contribution in [0.4, 0.5) is 0 Å². The van der Waals surface area contributed by atoms with Crippen molar-refractivity contribution in [2.45, 2.75) is 38.6 Å². The number of fused-ring (bicyclic) bond motifs is 1. The van der Waals surface area contributed by atoms with Crippen LogP contribution < -0.4 is 9.47 Å². The van der Waals surface area contributed by atoms with Gasteiger partial charge < -0.3 is 18.9 Å².